The normalized spacial score (nSPS) is 23.3. The molecule has 2 atom stereocenters. The quantitative estimate of drug-likeness (QED) is 0.707. The Balaban J connectivity index is 2.24. The molecule has 0 saturated heterocycles. The lowest BCUT2D eigenvalue weighted by molar-refractivity contribution is -0.108. The molecule has 1 aromatic carbocycles. The van der Waals surface area contributed by atoms with E-state index in [1.165, 1.54) is 0 Å². The van der Waals surface area contributed by atoms with E-state index >= 15 is 0 Å². The van der Waals surface area contributed by atoms with E-state index in [4.69, 9.17) is 9.47 Å². The summed E-state index contributed by atoms with van der Waals surface area (Å²) < 4.78 is 10.4. The Bertz CT molecular complexity index is 373. The molecule has 1 aromatic rings. The van der Waals surface area contributed by atoms with Crippen LogP contribution in [-0.2, 0) is 4.79 Å². The highest BCUT2D eigenvalue weighted by atomic mass is 16.5. The molecular formula is C12H14O3. The van der Waals surface area contributed by atoms with Crippen molar-refractivity contribution >= 4 is 6.29 Å². The summed E-state index contributed by atoms with van der Waals surface area (Å²) in [5, 5.41) is 0. The van der Waals surface area contributed by atoms with Crippen LogP contribution in [0.4, 0.5) is 0 Å². The van der Waals surface area contributed by atoms with Crippen molar-refractivity contribution in [2.75, 3.05) is 14.2 Å². The third-order valence-electron chi connectivity index (χ3n) is 2.85. The number of carbonyl (C=O) groups is 1. The molecule has 0 N–H and O–H groups in total. The van der Waals surface area contributed by atoms with Gasteiger partial charge in [0, 0.05) is 5.92 Å². The van der Waals surface area contributed by atoms with Crippen LogP contribution < -0.4 is 9.47 Å². The Morgan fingerprint density at radius 2 is 2.00 bits per heavy atom. The Kier molecular flexibility index (Phi) is 2.62. The summed E-state index contributed by atoms with van der Waals surface area (Å²) in [5.41, 5.74) is 1.16. The summed E-state index contributed by atoms with van der Waals surface area (Å²) in [6.45, 7) is 0. The minimum Gasteiger partial charge on any atom is -0.493 e. The summed E-state index contributed by atoms with van der Waals surface area (Å²) in [5.74, 6) is 2.03. The van der Waals surface area contributed by atoms with Crippen LogP contribution in [0.2, 0.25) is 0 Å². The highest BCUT2D eigenvalue weighted by Gasteiger charge is 2.38. The van der Waals surface area contributed by atoms with Gasteiger partial charge in [-0.25, -0.2) is 0 Å². The number of methoxy groups -OCH3 is 2. The van der Waals surface area contributed by atoms with Crippen molar-refractivity contribution in [1.82, 2.24) is 0 Å². The molecule has 0 heterocycles. The first kappa shape index (κ1) is 10.0. The Hall–Kier alpha value is -1.51. The maximum Gasteiger partial charge on any atom is 0.160 e. The van der Waals surface area contributed by atoms with E-state index in [2.05, 4.69) is 0 Å². The van der Waals surface area contributed by atoms with Crippen LogP contribution in [0.1, 0.15) is 17.9 Å². The molecule has 0 aliphatic heterocycles. The highest BCUT2D eigenvalue weighted by molar-refractivity contribution is 5.62. The average molecular weight is 206 g/mol. The third-order valence-corrected chi connectivity index (χ3v) is 2.85. The van der Waals surface area contributed by atoms with Gasteiger partial charge >= 0.3 is 0 Å². The van der Waals surface area contributed by atoms with Crippen LogP contribution >= 0.6 is 0 Å². The van der Waals surface area contributed by atoms with E-state index in [9.17, 15) is 4.79 Å². The van der Waals surface area contributed by atoms with Gasteiger partial charge in [-0.15, -0.1) is 0 Å². The number of hydrogen-bond acceptors (Lipinski definition) is 3. The molecule has 2 rings (SSSR count). The van der Waals surface area contributed by atoms with E-state index in [0.29, 0.717) is 5.92 Å². The van der Waals surface area contributed by atoms with Crippen molar-refractivity contribution < 1.29 is 14.3 Å². The SMILES string of the molecule is COc1ccc(C2CC2C=O)cc1OC. The first-order valence-electron chi connectivity index (χ1n) is 4.97. The molecule has 1 saturated carbocycles. The topological polar surface area (TPSA) is 35.5 Å². The fraction of sp³-hybridized carbons (Fsp3) is 0.417. The molecule has 1 aliphatic carbocycles. The summed E-state index contributed by atoms with van der Waals surface area (Å²) >= 11 is 0. The van der Waals surface area contributed by atoms with Crippen LogP contribution in [0.3, 0.4) is 0 Å². The fourth-order valence-corrected chi connectivity index (χ4v) is 1.83. The van der Waals surface area contributed by atoms with Gasteiger partial charge in [0.15, 0.2) is 11.5 Å². The van der Waals surface area contributed by atoms with Crippen molar-refractivity contribution in [2.45, 2.75) is 12.3 Å². The van der Waals surface area contributed by atoms with Crippen molar-refractivity contribution in [3.63, 3.8) is 0 Å². The highest BCUT2D eigenvalue weighted by Crippen LogP contribution is 2.47. The molecule has 0 spiro atoms. The lowest BCUT2D eigenvalue weighted by Crippen LogP contribution is -1.92. The first-order chi connectivity index (χ1) is 7.30. The van der Waals surface area contributed by atoms with E-state index in [1.54, 1.807) is 14.2 Å². The summed E-state index contributed by atoms with van der Waals surface area (Å²) in [6, 6.07) is 5.83. The number of aldehydes is 1. The van der Waals surface area contributed by atoms with Crippen LogP contribution in [0.15, 0.2) is 18.2 Å². The molecule has 15 heavy (non-hydrogen) atoms. The van der Waals surface area contributed by atoms with Crippen LogP contribution in [0, 0.1) is 5.92 Å². The van der Waals surface area contributed by atoms with Gasteiger partial charge in [-0.2, -0.15) is 0 Å². The van der Waals surface area contributed by atoms with E-state index in [-0.39, 0.29) is 5.92 Å². The van der Waals surface area contributed by atoms with Gasteiger partial charge in [0.05, 0.1) is 14.2 Å². The average Bonchev–Trinajstić information content (AvgIpc) is 3.07. The summed E-state index contributed by atoms with van der Waals surface area (Å²) in [6.07, 6.45) is 1.99. The van der Waals surface area contributed by atoms with E-state index in [0.717, 1.165) is 29.8 Å². The molecule has 0 aromatic heterocycles. The maximum atomic E-state index is 10.6. The molecular weight excluding hydrogens is 192 g/mol. The second-order valence-corrected chi connectivity index (χ2v) is 3.76. The van der Waals surface area contributed by atoms with Gasteiger partial charge in [-0.05, 0) is 30.0 Å². The molecule has 3 heteroatoms. The minimum absolute atomic E-state index is 0.197. The van der Waals surface area contributed by atoms with Gasteiger partial charge in [0.25, 0.3) is 0 Å². The largest absolute Gasteiger partial charge is 0.493 e. The number of ether oxygens (including phenoxy) is 2. The maximum absolute atomic E-state index is 10.6. The molecule has 3 nitrogen and oxygen atoms in total. The van der Waals surface area contributed by atoms with Crippen LogP contribution in [-0.4, -0.2) is 20.5 Å². The number of benzene rings is 1. The molecule has 1 fully saturated rings. The molecule has 0 bridgehead atoms. The Morgan fingerprint density at radius 1 is 1.27 bits per heavy atom. The van der Waals surface area contributed by atoms with Crippen molar-refractivity contribution in [3.05, 3.63) is 23.8 Å². The predicted molar refractivity (Wildman–Crippen MR) is 56.5 cm³/mol. The van der Waals surface area contributed by atoms with Crippen LogP contribution in [0.25, 0.3) is 0 Å². The summed E-state index contributed by atoms with van der Waals surface area (Å²) in [4.78, 5) is 10.6. The van der Waals surface area contributed by atoms with E-state index in [1.807, 2.05) is 18.2 Å². The zero-order valence-electron chi connectivity index (χ0n) is 8.90. The molecule has 2 unspecified atom stereocenters. The Labute approximate surface area is 89.0 Å². The van der Waals surface area contributed by atoms with Gasteiger partial charge in [0.2, 0.25) is 0 Å². The second kappa shape index (κ2) is 3.93. The number of rotatable bonds is 4. The van der Waals surface area contributed by atoms with Gasteiger partial charge in [-0.1, -0.05) is 6.07 Å². The molecule has 1 aliphatic rings. The molecule has 0 radical (unpaired) electrons. The smallest absolute Gasteiger partial charge is 0.160 e. The van der Waals surface area contributed by atoms with Crippen molar-refractivity contribution in [3.8, 4) is 11.5 Å². The van der Waals surface area contributed by atoms with Crippen molar-refractivity contribution in [2.24, 2.45) is 5.92 Å². The number of hydrogen-bond donors (Lipinski definition) is 0. The lowest BCUT2D eigenvalue weighted by Gasteiger charge is -2.08. The zero-order chi connectivity index (χ0) is 10.8. The number of carbonyl (C=O) groups excluding carboxylic acids is 1. The van der Waals surface area contributed by atoms with Crippen molar-refractivity contribution in [1.29, 1.82) is 0 Å². The van der Waals surface area contributed by atoms with Gasteiger partial charge in [0.1, 0.15) is 6.29 Å². The van der Waals surface area contributed by atoms with E-state index < -0.39 is 0 Å². The second-order valence-electron chi connectivity index (χ2n) is 3.76. The monoisotopic (exact) mass is 206 g/mol. The Morgan fingerprint density at radius 3 is 2.53 bits per heavy atom. The minimum atomic E-state index is 0.197. The van der Waals surface area contributed by atoms with Gasteiger partial charge in [-0.3, -0.25) is 0 Å². The van der Waals surface area contributed by atoms with Crippen LogP contribution in [0.5, 0.6) is 11.5 Å². The molecule has 80 valence electrons. The fourth-order valence-electron chi connectivity index (χ4n) is 1.83. The zero-order valence-corrected chi connectivity index (χ0v) is 8.90. The third kappa shape index (κ3) is 1.82. The van der Waals surface area contributed by atoms with Gasteiger partial charge < -0.3 is 14.3 Å². The lowest BCUT2D eigenvalue weighted by atomic mass is 10.1. The predicted octanol–water partition coefficient (Wildman–Crippen LogP) is 2.01. The first-order valence-corrected chi connectivity index (χ1v) is 4.97. The summed E-state index contributed by atoms with van der Waals surface area (Å²) in [7, 11) is 3.23. The standard InChI is InChI=1S/C12H14O3/c1-14-11-4-3-8(6-12(11)15-2)10-5-9(10)7-13/h3-4,6-7,9-10H,5H2,1-2H3. The molecule has 0 amide bonds.